The van der Waals surface area contributed by atoms with Crippen LogP contribution in [0.15, 0.2) is 0 Å². The first-order chi connectivity index (χ1) is 6.49. The molecule has 5 heteroatoms. The van der Waals surface area contributed by atoms with Gasteiger partial charge in [-0.25, -0.2) is 8.42 Å². The smallest absolute Gasteiger partial charge is 0.148 e. The van der Waals surface area contributed by atoms with Crippen molar-refractivity contribution >= 4 is 9.84 Å². The summed E-state index contributed by atoms with van der Waals surface area (Å²) in [4.78, 5) is 2.25. The summed E-state index contributed by atoms with van der Waals surface area (Å²) in [6, 6.07) is 0.143. The van der Waals surface area contributed by atoms with Crippen LogP contribution >= 0.6 is 0 Å². The normalized spacial score (nSPS) is 23.0. The van der Waals surface area contributed by atoms with Crippen molar-refractivity contribution in [1.82, 2.24) is 10.2 Å². The lowest BCUT2D eigenvalue weighted by Crippen LogP contribution is -2.39. The molecule has 0 aromatic rings. The summed E-state index contributed by atoms with van der Waals surface area (Å²) < 4.78 is 22.3. The highest BCUT2D eigenvalue weighted by Crippen LogP contribution is 2.04. The van der Waals surface area contributed by atoms with Gasteiger partial charge in [-0.15, -0.1) is 0 Å². The van der Waals surface area contributed by atoms with Crippen molar-refractivity contribution in [3.05, 3.63) is 0 Å². The topological polar surface area (TPSA) is 49.4 Å². The van der Waals surface area contributed by atoms with E-state index in [0.717, 1.165) is 32.6 Å². The fourth-order valence-electron chi connectivity index (χ4n) is 1.85. The molecule has 4 nitrogen and oxygen atoms in total. The van der Waals surface area contributed by atoms with Crippen molar-refractivity contribution in [3.8, 4) is 0 Å². The average molecular weight is 220 g/mol. The van der Waals surface area contributed by atoms with Crippen molar-refractivity contribution in [2.45, 2.75) is 19.4 Å². The summed E-state index contributed by atoms with van der Waals surface area (Å²) in [6.45, 7) is 5.96. The van der Waals surface area contributed by atoms with Gasteiger partial charge in [0.05, 0.1) is 5.75 Å². The molecular formula is C9H20N2O2S. The fraction of sp³-hybridized carbons (Fsp3) is 1.00. The number of nitrogens with zero attached hydrogens (tertiary/aromatic N) is 1. The van der Waals surface area contributed by atoms with Gasteiger partial charge >= 0.3 is 0 Å². The van der Waals surface area contributed by atoms with Gasteiger partial charge < -0.3 is 5.32 Å². The van der Waals surface area contributed by atoms with Gasteiger partial charge in [-0.05, 0) is 26.4 Å². The van der Waals surface area contributed by atoms with E-state index in [-0.39, 0.29) is 11.8 Å². The van der Waals surface area contributed by atoms with E-state index < -0.39 is 9.84 Å². The van der Waals surface area contributed by atoms with E-state index in [1.165, 1.54) is 6.26 Å². The van der Waals surface area contributed by atoms with E-state index in [1.54, 1.807) is 0 Å². The van der Waals surface area contributed by atoms with Crippen LogP contribution in [-0.2, 0) is 9.84 Å². The molecule has 1 aliphatic heterocycles. The Labute approximate surface area is 86.6 Å². The lowest BCUT2D eigenvalue weighted by Gasteiger charge is -2.26. The Morgan fingerprint density at radius 3 is 2.71 bits per heavy atom. The molecule has 1 aliphatic rings. The summed E-state index contributed by atoms with van der Waals surface area (Å²) in [5.41, 5.74) is 0. The largest absolute Gasteiger partial charge is 0.315 e. The highest BCUT2D eigenvalue weighted by atomic mass is 32.2. The van der Waals surface area contributed by atoms with Crippen LogP contribution in [-0.4, -0.2) is 57.5 Å². The van der Waals surface area contributed by atoms with Crippen LogP contribution in [0.5, 0.6) is 0 Å². The molecule has 1 heterocycles. The van der Waals surface area contributed by atoms with Gasteiger partial charge in [0, 0.05) is 25.4 Å². The standard InChI is InChI=1S/C9H20N2O2S/c1-9(8-14(2,12)13)11-6-3-4-10-5-7-11/h9-10H,3-8H2,1-2H3. The first kappa shape index (κ1) is 11.9. The second-order valence-electron chi connectivity index (χ2n) is 4.08. The van der Waals surface area contributed by atoms with Gasteiger partial charge in [-0.1, -0.05) is 0 Å². The molecule has 1 saturated heterocycles. The van der Waals surface area contributed by atoms with Crippen LogP contribution in [0, 0.1) is 0 Å². The van der Waals surface area contributed by atoms with Crippen LogP contribution in [0.1, 0.15) is 13.3 Å². The molecule has 0 saturated carbocycles. The molecule has 0 aliphatic carbocycles. The maximum atomic E-state index is 11.1. The SMILES string of the molecule is CC(CS(C)(=O)=O)N1CCCNCC1. The van der Waals surface area contributed by atoms with Crippen LogP contribution in [0.4, 0.5) is 0 Å². The van der Waals surface area contributed by atoms with Crippen LogP contribution in [0.25, 0.3) is 0 Å². The molecule has 0 radical (unpaired) electrons. The van der Waals surface area contributed by atoms with E-state index in [1.807, 2.05) is 6.92 Å². The van der Waals surface area contributed by atoms with Crippen molar-refractivity contribution in [2.75, 3.05) is 38.2 Å². The van der Waals surface area contributed by atoms with Crippen molar-refractivity contribution in [2.24, 2.45) is 0 Å². The maximum Gasteiger partial charge on any atom is 0.148 e. The monoisotopic (exact) mass is 220 g/mol. The van der Waals surface area contributed by atoms with Gasteiger partial charge in [0.15, 0.2) is 0 Å². The number of sulfone groups is 1. The first-order valence-electron chi connectivity index (χ1n) is 5.11. The molecule has 0 bridgehead atoms. The van der Waals surface area contributed by atoms with E-state index >= 15 is 0 Å². The molecular weight excluding hydrogens is 200 g/mol. The average Bonchev–Trinajstić information content (AvgIpc) is 2.27. The second kappa shape index (κ2) is 5.09. The summed E-state index contributed by atoms with van der Waals surface area (Å²) in [5, 5.41) is 3.30. The zero-order chi connectivity index (χ0) is 10.6. The second-order valence-corrected chi connectivity index (χ2v) is 6.27. The van der Waals surface area contributed by atoms with E-state index in [2.05, 4.69) is 10.2 Å². The van der Waals surface area contributed by atoms with Gasteiger partial charge in [0.2, 0.25) is 0 Å². The first-order valence-corrected chi connectivity index (χ1v) is 7.17. The Bertz CT molecular complexity index is 256. The maximum absolute atomic E-state index is 11.1. The molecule has 1 unspecified atom stereocenters. The third kappa shape index (κ3) is 4.39. The Kier molecular flexibility index (Phi) is 4.34. The fourth-order valence-corrected chi connectivity index (χ4v) is 2.94. The summed E-state index contributed by atoms with van der Waals surface area (Å²) >= 11 is 0. The highest BCUT2D eigenvalue weighted by Gasteiger charge is 2.18. The number of rotatable bonds is 3. The van der Waals surface area contributed by atoms with Crippen molar-refractivity contribution in [1.29, 1.82) is 0 Å². The number of nitrogens with one attached hydrogen (secondary N) is 1. The Morgan fingerprint density at radius 2 is 2.07 bits per heavy atom. The van der Waals surface area contributed by atoms with Crippen LogP contribution in [0.3, 0.4) is 0 Å². The van der Waals surface area contributed by atoms with Gasteiger partial charge in [0.25, 0.3) is 0 Å². The third-order valence-electron chi connectivity index (χ3n) is 2.54. The minimum atomic E-state index is -2.85. The van der Waals surface area contributed by atoms with Crippen molar-refractivity contribution in [3.63, 3.8) is 0 Å². The summed E-state index contributed by atoms with van der Waals surface area (Å²) in [5.74, 6) is 0.271. The zero-order valence-corrected chi connectivity index (χ0v) is 9.81. The minimum absolute atomic E-state index is 0.143. The highest BCUT2D eigenvalue weighted by molar-refractivity contribution is 7.90. The lowest BCUT2D eigenvalue weighted by molar-refractivity contribution is 0.239. The Hall–Kier alpha value is -0.130. The molecule has 14 heavy (non-hydrogen) atoms. The summed E-state index contributed by atoms with van der Waals surface area (Å²) in [6.07, 6.45) is 2.41. The Balaban J connectivity index is 2.45. The van der Waals surface area contributed by atoms with Gasteiger partial charge in [-0.3, -0.25) is 4.90 Å². The molecule has 0 aromatic heterocycles. The molecule has 0 amide bonds. The van der Waals surface area contributed by atoms with Crippen LogP contribution in [0.2, 0.25) is 0 Å². The number of hydrogen-bond acceptors (Lipinski definition) is 4. The predicted octanol–water partition coefficient (Wildman–Crippen LogP) is -0.285. The Morgan fingerprint density at radius 1 is 1.36 bits per heavy atom. The van der Waals surface area contributed by atoms with Crippen LogP contribution < -0.4 is 5.32 Å². The molecule has 1 atom stereocenters. The predicted molar refractivity (Wildman–Crippen MR) is 58.2 cm³/mol. The third-order valence-corrected chi connectivity index (χ3v) is 3.63. The molecule has 1 rings (SSSR count). The van der Waals surface area contributed by atoms with E-state index in [4.69, 9.17) is 0 Å². The quantitative estimate of drug-likeness (QED) is 0.710. The van der Waals surface area contributed by atoms with Crippen molar-refractivity contribution < 1.29 is 8.42 Å². The summed E-state index contributed by atoms with van der Waals surface area (Å²) in [7, 11) is -2.85. The molecule has 1 N–H and O–H groups in total. The molecule has 0 aromatic carbocycles. The minimum Gasteiger partial charge on any atom is -0.315 e. The molecule has 0 spiro atoms. The van der Waals surface area contributed by atoms with E-state index in [0.29, 0.717) is 0 Å². The number of hydrogen-bond donors (Lipinski definition) is 1. The van der Waals surface area contributed by atoms with Gasteiger partial charge in [0.1, 0.15) is 9.84 Å². The molecule has 1 fully saturated rings. The zero-order valence-electron chi connectivity index (χ0n) is 8.99. The van der Waals surface area contributed by atoms with Gasteiger partial charge in [-0.2, -0.15) is 0 Å². The van der Waals surface area contributed by atoms with E-state index in [9.17, 15) is 8.42 Å². The molecule has 84 valence electrons. The lowest BCUT2D eigenvalue weighted by atomic mass is 10.3.